The first kappa shape index (κ1) is 13.5. The summed E-state index contributed by atoms with van der Waals surface area (Å²) >= 11 is 0. The van der Waals surface area contributed by atoms with E-state index >= 15 is 0 Å². The standard InChI is InChI=1S/C13H25NO2/c1-9-7-12(5,6)8-13(9,14)10(15)16-11(2,3)4/h9H,7-8,14H2,1-6H3/t9-,13+/m1/s1. The highest BCUT2D eigenvalue weighted by Crippen LogP contribution is 2.46. The molecule has 0 aromatic rings. The van der Waals surface area contributed by atoms with Crippen molar-refractivity contribution in [1.82, 2.24) is 0 Å². The first-order valence-corrected chi connectivity index (χ1v) is 5.99. The molecule has 16 heavy (non-hydrogen) atoms. The summed E-state index contributed by atoms with van der Waals surface area (Å²) in [5, 5.41) is 0. The van der Waals surface area contributed by atoms with Gasteiger partial charge in [-0.2, -0.15) is 0 Å². The quantitative estimate of drug-likeness (QED) is 0.700. The van der Waals surface area contributed by atoms with Crippen LogP contribution in [0.4, 0.5) is 0 Å². The fourth-order valence-electron chi connectivity index (χ4n) is 2.70. The van der Waals surface area contributed by atoms with Crippen LogP contribution in [0.2, 0.25) is 0 Å². The molecule has 2 atom stereocenters. The molecule has 3 heteroatoms. The molecule has 0 radical (unpaired) electrons. The molecular weight excluding hydrogens is 202 g/mol. The summed E-state index contributed by atoms with van der Waals surface area (Å²) in [6, 6.07) is 0. The Morgan fingerprint density at radius 1 is 1.38 bits per heavy atom. The van der Waals surface area contributed by atoms with Gasteiger partial charge in [0.15, 0.2) is 0 Å². The second-order valence-corrected chi connectivity index (χ2v) is 6.99. The van der Waals surface area contributed by atoms with Crippen LogP contribution in [0.1, 0.15) is 54.4 Å². The van der Waals surface area contributed by atoms with E-state index in [2.05, 4.69) is 13.8 Å². The highest BCUT2D eigenvalue weighted by molar-refractivity contribution is 5.82. The van der Waals surface area contributed by atoms with Crippen LogP contribution in [0, 0.1) is 11.3 Å². The van der Waals surface area contributed by atoms with Gasteiger partial charge in [0.2, 0.25) is 0 Å². The van der Waals surface area contributed by atoms with Gasteiger partial charge in [-0.3, -0.25) is 4.79 Å². The van der Waals surface area contributed by atoms with Crippen LogP contribution < -0.4 is 5.73 Å². The number of ether oxygens (including phenoxy) is 1. The van der Waals surface area contributed by atoms with Gasteiger partial charge in [0.1, 0.15) is 11.1 Å². The SMILES string of the molecule is C[C@@H]1CC(C)(C)C[C@@]1(N)C(=O)OC(C)(C)C. The zero-order valence-corrected chi connectivity index (χ0v) is 11.4. The van der Waals surface area contributed by atoms with Crippen molar-refractivity contribution in [2.75, 3.05) is 0 Å². The average molecular weight is 227 g/mol. The maximum Gasteiger partial charge on any atom is 0.326 e. The Morgan fingerprint density at radius 3 is 2.19 bits per heavy atom. The molecule has 0 amide bonds. The number of carbonyl (C=O) groups is 1. The number of nitrogens with two attached hydrogens (primary N) is 1. The minimum atomic E-state index is -0.809. The Labute approximate surface area is 98.7 Å². The monoisotopic (exact) mass is 227 g/mol. The van der Waals surface area contributed by atoms with Gasteiger partial charge in [-0.15, -0.1) is 0 Å². The van der Waals surface area contributed by atoms with E-state index < -0.39 is 11.1 Å². The molecule has 0 unspecified atom stereocenters. The molecular formula is C13H25NO2. The molecule has 1 fully saturated rings. The molecule has 1 rings (SSSR count). The summed E-state index contributed by atoms with van der Waals surface area (Å²) in [4.78, 5) is 12.1. The smallest absolute Gasteiger partial charge is 0.326 e. The van der Waals surface area contributed by atoms with Crippen LogP contribution in [0.25, 0.3) is 0 Å². The van der Waals surface area contributed by atoms with Crippen LogP contribution in [-0.2, 0) is 9.53 Å². The van der Waals surface area contributed by atoms with E-state index in [1.165, 1.54) is 0 Å². The van der Waals surface area contributed by atoms with Gasteiger partial charge >= 0.3 is 5.97 Å². The summed E-state index contributed by atoms with van der Waals surface area (Å²) in [6.07, 6.45) is 1.68. The van der Waals surface area contributed by atoms with Crippen molar-refractivity contribution in [2.24, 2.45) is 17.1 Å². The van der Waals surface area contributed by atoms with Crippen LogP contribution in [0.3, 0.4) is 0 Å². The van der Waals surface area contributed by atoms with Crippen LogP contribution in [0.15, 0.2) is 0 Å². The van der Waals surface area contributed by atoms with E-state index in [1.54, 1.807) is 0 Å². The molecule has 2 N–H and O–H groups in total. The Balaban J connectivity index is 2.83. The number of hydrogen-bond acceptors (Lipinski definition) is 3. The molecule has 3 nitrogen and oxygen atoms in total. The minimum Gasteiger partial charge on any atom is -0.459 e. The summed E-state index contributed by atoms with van der Waals surface area (Å²) in [6.45, 7) is 12.0. The van der Waals surface area contributed by atoms with Crippen LogP contribution in [0.5, 0.6) is 0 Å². The second-order valence-electron chi connectivity index (χ2n) is 6.99. The van der Waals surface area contributed by atoms with E-state index in [-0.39, 0.29) is 17.3 Å². The van der Waals surface area contributed by atoms with Gasteiger partial charge < -0.3 is 10.5 Å². The lowest BCUT2D eigenvalue weighted by Crippen LogP contribution is -2.53. The largest absolute Gasteiger partial charge is 0.459 e. The fourth-order valence-corrected chi connectivity index (χ4v) is 2.70. The summed E-state index contributed by atoms with van der Waals surface area (Å²) in [5.74, 6) is -0.0737. The molecule has 1 aliphatic carbocycles. The van der Waals surface area contributed by atoms with Crippen molar-refractivity contribution in [3.8, 4) is 0 Å². The number of carbonyl (C=O) groups excluding carboxylic acids is 1. The first-order valence-electron chi connectivity index (χ1n) is 5.99. The molecule has 94 valence electrons. The molecule has 1 saturated carbocycles. The molecule has 0 bridgehead atoms. The predicted octanol–water partition coefficient (Wildman–Crippen LogP) is 2.48. The number of hydrogen-bond donors (Lipinski definition) is 1. The third-order valence-corrected chi connectivity index (χ3v) is 3.29. The molecule has 0 heterocycles. The lowest BCUT2D eigenvalue weighted by atomic mass is 9.87. The second kappa shape index (κ2) is 3.73. The van der Waals surface area contributed by atoms with E-state index in [1.807, 2.05) is 27.7 Å². The van der Waals surface area contributed by atoms with E-state index in [0.29, 0.717) is 6.42 Å². The fraction of sp³-hybridized carbons (Fsp3) is 0.923. The number of rotatable bonds is 1. The average Bonchev–Trinajstić information content (AvgIpc) is 2.18. The topological polar surface area (TPSA) is 52.3 Å². The molecule has 0 spiro atoms. The van der Waals surface area contributed by atoms with Gasteiger partial charge in [-0.1, -0.05) is 20.8 Å². The summed E-state index contributed by atoms with van der Waals surface area (Å²) in [7, 11) is 0. The maximum atomic E-state index is 12.1. The Hall–Kier alpha value is -0.570. The minimum absolute atomic E-state index is 0.130. The summed E-state index contributed by atoms with van der Waals surface area (Å²) in [5.41, 5.74) is 5.11. The lowest BCUT2D eigenvalue weighted by Gasteiger charge is -2.31. The highest BCUT2D eigenvalue weighted by Gasteiger charge is 2.52. The van der Waals surface area contributed by atoms with E-state index in [9.17, 15) is 4.79 Å². The zero-order valence-electron chi connectivity index (χ0n) is 11.4. The highest BCUT2D eigenvalue weighted by atomic mass is 16.6. The van der Waals surface area contributed by atoms with Crippen LogP contribution >= 0.6 is 0 Å². The van der Waals surface area contributed by atoms with Crippen molar-refractivity contribution >= 4 is 5.97 Å². The normalized spacial score (nSPS) is 33.8. The first-order chi connectivity index (χ1) is 6.96. The molecule has 1 aliphatic rings. The number of esters is 1. The molecule has 0 aromatic heterocycles. The van der Waals surface area contributed by atoms with E-state index in [0.717, 1.165) is 6.42 Å². The van der Waals surface area contributed by atoms with Crippen molar-refractivity contribution in [3.05, 3.63) is 0 Å². The van der Waals surface area contributed by atoms with E-state index in [4.69, 9.17) is 10.5 Å². The van der Waals surface area contributed by atoms with Crippen molar-refractivity contribution < 1.29 is 9.53 Å². The van der Waals surface area contributed by atoms with Crippen LogP contribution in [-0.4, -0.2) is 17.1 Å². The third kappa shape index (κ3) is 2.76. The Bertz CT molecular complexity index is 291. The maximum absolute atomic E-state index is 12.1. The molecule has 0 aliphatic heterocycles. The van der Waals surface area contributed by atoms with Gasteiger partial charge in [-0.05, 0) is 44.9 Å². The van der Waals surface area contributed by atoms with Crippen molar-refractivity contribution in [1.29, 1.82) is 0 Å². The third-order valence-electron chi connectivity index (χ3n) is 3.29. The van der Waals surface area contributed by atoms with Gasteiger partial charge in [0, 0.05) is 0 Å². The Morgan fingerprint density at radius 2 is 1.88 bits per heavy atom. The van der Waals surface area contributed by atoms with Crippen molar-refractivity contribution in [3.63, 3.8) is 0 Å². The summed E-state index contributed by atoms with van der Waals surface area (Å²) < 4.78 is 5.42. The Kier molecular flexibility index (Phi) is 3.14. The lowest BCUT2D eigenvalue weighted by molar-refractivity contribution is -0.163. The van der Waals surface area contributed by atoms with Gasteiger partial charge in [0.25, 0.3) is 0 Å². The zero-order chi connectivity index (χ0) is 12.8. The van der Waals surface area contributed by atoms with Gasteiger partial charge in [-0.25, -0.2) is 0 Å². The molecule has 0 aromatic carbocycles. The van der Waals surface area contributed by atoms with Crippen molar-refractivity contribution in [2.45, 2.75) is 65.5 Å². The molecule has 0 saturated heterocycles. The predicted molar refractivity (Wildman–Crippen MR) is 64.9 cm³/mol. The van der Waals surface area contributed by atoms with Gasteiger partial charge in [0.05, 0.1) is 0 Å².